The molecular formula is C15H28N2O2. The van der Waals surface area contributed by atoms with E-state index in [1.807, 2.05) is 11.9 Å². The van der Waals surface area contributed by atoms with Gasteiger partial charge in [-0.3, -0.25) is 4.79 Å². The van der Waals surface area contributed by atoms with Crippen molar-refractivity contribution in [1.29, 1.82) is 0 Å². The van der Waals surface area contributed by atoms with E-state index in [9.17, 15) is 4.79 Å². The summed E-state index contributed by atoms with van der Waals surface area (Å²) in [5.74, 6) is 0.250. The predicted octanol–water partition coefficient (Wildman–Crippen LogP) is 1.92. The van der Waals surface area contributed by atoms with Gasteiger partial charge in [-0.15, -0.1) is 0 Å². The summed E-state index contributed by atoms with van der Waals surface area (Å²) in [5.41, 5.74) is 6.17. The van der Waals surface area contributed by atoms with Crippen molar-refractivity contribution in [2.45, 2.75) is 63.5 Å². The fourth-order valence-electron chi connectivity index (χ4n) is 3.27. The molecule has 2 rings (SSSR count). The first-order valence-electron chi connectivity index (χ1n) is 7.80. The van der Waals surface area contributed by atoms with Crippen molar-refractivity contribution in [2.24, 2.45) is 11.7 Å². The van der Waals surface area contributed by atoms with Gasteiger partial charge < -0.3 is 15.4 Å². The molecule has 3 atom stereocenters. The second-order valence-electron chi connectivity index (χ2n) is 6.12. The third-order valence-electron chi connectivity index (χ3n) is 4.51. The predicted molar refractivity (Wildman–Crippen MR) is 75.8 cm³/mol. The Kier molecular flexibility index (Phi) is 5.64. The van der Waals surface area contributed by atoms with Gasteiger partial charge in [0.15, 0.2) is 0 Å². The molecule has 2 fully saturated rings. The van der Waals surface area contributed by atoms with Crippen molar-refractivity contribution >= 4 is 5.91 Å². The number of carbonyl (C=O) groups excluding carboxylic acids is 1. The van der Waals surface area contributed by atoms with Crippen LogP contribution in [0.1, 0.15) is 51.4 Å². The van der Waals surface area contributed by atoms with Crippen LogP contribution in [0.15, 0.2) is 0 Å². The second kappa shape index (κ2) is 7.25. The fraction of sp³-hybridized carbons (Fsp3) is 0.933. The number of hydrogen-bond donors (Lipinski definition) is 1. The van der Waals surface area contributed by atoms with Gasteiger partial charge in [0.2, 0.25) is 5.91 Å². The molecule has 1 aliphatic heterocycles. The Balaban J connectivity index is 1.85. The van der Waals surface area contributed by atoms with Crippen LogP contribution in [0, 0.1) is 5.92 Å². The Bertz CT molecular complexity index is 290. The molecule has 110 valence electrons. The molecule has 0 radical (unpaired) electrons. The lowest BCUT2D eigenvalue weighted by atomic mass is 9.94. The quantitative estimate of drug-likeness (QED) is 0.796. The third-order valence-corrected chi connectivity index (χ3v) is 4.51. The van der Waals surface area contributed by atoms with E-state index in [0.717, 1.165) is 45.3 Å². The SMILES string of the molecule is CN(C[C@@H]1CCCCO1)C(=O)[C@H]1CCCCC[C@H]1N. The van der Waals surface area contributed by atoms with Crippen molar-refractivity contribution in [3.63, 3.8) is 0 Å². The Labute approximate surface area is 116 Å². The van der Waals surface area contributed by atoms with Gasteiger partial charge in [0.1, 0.15) is 0 Å². The van der Waals surface area contributed by atoms with Crippen molar-refractivity contribution < 1.29 is 9.53 Å². The first-order chi connectivity index (χ1) is 9.18. The first kappa shape index (κ1) is 14.8. The lowest BCUT2D eigenvalue weighted by Crippen LogP contribution is -2.45. The number of carbonyl (C=O) groups is 1. The van der Waals surface area contributed by atoms with Gasteiger partial charge in [-0.2, -0.15) is 0 Å². The zero-order valence-corrected chi connectivity index (χ0v) is 12.1. The molecule has 4 heteroatoms. The summed E-state index contributed by atoms with van der Waals surface area (Å²) in [6, 6.07) is 0.0460. The molecule has 1 aliphatic carbocycles. The van der Waals surface area contributed by atoms with E-state index in [1.165, 1.54) is 19.3 Å². The highest BCUT2D eigenvalue weighted by Crippen LogP contribution is 2.24. The number of ether oxygens (including phenoxy) is 1. The Hall–Kier alpha value is -0.610. The molecule has 1 amide bonds. The van der Waals surface area contributed by atoms with Gasteiger partial charge in [-0.05, 0) is 32.1 Å². The number of rotatable bonds is 3. The van der Waals surface area contributed by atoms with Crippen LogP contribution < -0.4 is 5.73 Å². The summed E-state index contributed by atoms with van der Waals surface area (Å²) < 4.78 is 5.71. The van der Waals surface area contributed by atoms with Crippen molar-refractivity contribution in [2.75, 3.05) is 20.2 Å². The normalized spacial score (nSPS) is 32.6. The Morgan fingerprint density at radius 1 is 1.16 bits per heavy atom. The summed E-state index contributed by atoms with van der Waals surface area (Å²) in [6.45, 7) is 1.57. The molecule has 0 aromatic rings. The third kappa shape index (κ3) is 4.18. The molecule has 1 saturated carbocycles. The summed E-state index contributed by atoms with van der Waals surface area (Å²) >= 11 is 0. The van der Waals surface area contributed by atoms with Crippen LogP contribution in [-0.2, 0) is 9.53 Å². The molecule has 0 bridgehead atoms. The molecule has 2 N–H and O–H groups in total. The standard InChI is InChI=1S/C15H28N2O2/c1-17(11-12-7-5-6-10-19-12)15(18)13-8-3-2-4-9-14(13)16/h12-14H,2-11,16H2,1H3/t12-,13-,14+/m0/s1. The highest BCUT2D eigenvalue weighted by atomic mass is 16.5. The van der Waals surface area contributed by atoms with Gasteiger partial charge >= 0.3 is 0 Å². The Morgan fingerprint density at radius 2 is 1.89 bits per heavy atom. The molecule has 19 heavy (non-hydrogen) atoms. The van der Waals surface area contributed by atoms with E-state index in [-0.39, 0.29) is 24.0 Å². The maximum absolute atomic E-state index is 12.5. The van der Waals surface area contributed by atoms with Gasteiger partial charge in [0.05, 0.1) is 12.0 Å². The average Bonchev–Trinajstić information content (AvgIpc) is 2.63. The van der Waals surface area contributed by atoms with Crippen LogP contribution in [0.2, 0.25) is 0 Å². The molecule has 1 heterocycles. The van der Waals surface area contributed by atoms with Gasteiger partial charge in [-0.25, -0.2) is 0 Å². The van der Waals surface area contributed by atoms with Crippen LogP contribution in [-0.4, -0.2) is 43.2 Å². The van der Waals surface area contributed by atoms with E-state index in [4.69, 9.17) is 10.5 Å². The molecule has 0 aromatic heterocycles. The van der Waals surface area contributed by atoms with Gasteiger partial charge in [0.25, 0.3) is 0 Å². The van der Waals surface area contributed by atoms with Crippen LogP contribution in [0.3, 0.4) is 0 Å². The van der Waals surface area contributed by atoms with Crippen molar-refractivity contribution in [3.8, 4) is 0 Å². The minimum absolute atomic E-state index is 0.0242. The summed E-state index contributed by atoms with van der Waals surface area (Å²) in [4.78, 5) is 14.4. The fourth-order valence-corrected chi connectivity index (χ4v) is 3.27. The lowest BCUT2D eigenvalue weighted by molar-refractivity contribution is -0.137. The molecular weight excluding hydrogens is 240 g/mol. The lowest BCUT2D eigenvalue weighted by Gasteiger charge is -2.31. The maximum Gasteiger partial charge on any atom is 0.227 e. The van der Waals surface area contributed by atoms with Crippen LogP contribution in [0.25, 0.3) is 0 Å². The molecule has 0 aromatic carbocycles. The van der Waals surface area contributed by atoms with E-state index in [1.54, 1.807) is 0 Å². The topological polar surface area (TPSA) is 55.6 Å². The second-order valence-corrected chi connectivity index (χ2v) is 6.12. The maximum atomic E-state index is 12.5. The van der Waals surface area contributed by atoms with Crippen LogP contribution in [0.4, 0.5) is 0 Å². The highest BCUT2D eigenvalue weighted by Gasteiger charge is 2.30. The smallest absolute Gasteiger partial charge is 0.227 e. The van der Waals surface area contributed by atoms with E-state index in [0.29, 0.717) is 0 Å². The first-order valence-corrected chi connectivity index (χ1v) is 7.80. The summed E-state index contributed by atoms with van der Waals surface area (Å²) in [7, 11) is 1.90. The van der Waals surface area contributed by atoms with Crippen molar-refractivity contribution in [3.05, 3.63) is 0 Å². The average molecular weight is 268 g/mol. The summed E-state index contributed by atoms with van der Waals surface area (Å²) in [6.07, 6.45) is 9.14. The van der Waals surface area contributed by atoms with Crippen molar-refractivity contribution in [1.82, 2.24) is 4.90 Å². The van der Waals surface area contributed by atoms with E-state index >= 15 is 0 Å². The molecule has 2 aliphatic rings. The van der Waals surface area contributed by atoms with E-state index < -0.39 is 0 Å². The Morgan fingerprint density at radius 3 is 2.63 bits per heavy atom. The minimum Gasteiger partial charge on any atom is -0.376 e. The zero-order valence-electron chi connectivity index (χ0n) is 12.1. The number of amides is 1. The van der Waals surface area contributed by atoms with Crippen LogP contribution >= 0.6 is 0 Å². The zero-order chi connectivity index (χ0) is 13.7. The molecule has 4 nitrogen and oxygen atoms in total. The summed E-state index contributed by atoms with van der Waals surface area (Å²) in [5, 5.41) is 0. The number of nitrogens with zero attached hydrogens (tertiary/aromatic N) is 1. The van der Waals surface area contributed by atoms with E-state index in [2.05, 4.69) is 0 Å². The number of hydrogen-bond acceptors (Lipinski definition) is 3. The highest BCUT2D eigenvalue weighted by molar-refractivity contribution is 5.79. The monoisotopic (exact) mass is 268 g/mol. The molecule has 1 saturated heterocycles. The minimum atomic E-state index is 0.0242. The molecule has 0 unspecified atom stereocenters. The largest absolute Gasteiger partial charge is 0.376 e. The molecule has 0 spiro atoms. The van der Waals surface area contributed by atoms with Gasteiger partial charge in [-0.1, -0.05) is 19.3 Å². The number of likely N-dealkylation sites (N-methyl/N-ethyl adjacent to an activating group) is 1. The van der Waals surface area contributed by atoms with Gasteiger partial charge in [0, 0.05) is 26.2 Å². The number of nitrogens with two attached hydrogens (primary N) is 1. The van der Waals surface area contributed by atoms with Crippen LogP contribution in [0.5, 0.6) is 0 Å².